The van der Waals surface area contributed by atoms with Crippen LogP contribution in [0.5, 0.6) is 0 Å². The van der Waals surface area contributed by atoms with Gasteiger partial charge in [0.15, 0.2) is 5.13 Å². The number of aromatic nitrogens is 1. The van der Waals surface area contributed by atoms with Crippen molar-refractivity contribution in [1.29, 1.82) is 0 Å². The number of anilines is 1. The summed E-state index contributed by atoms with van der Waals surface area (Å²) >= 11 is 5.14. The highest BCUT2D eigenvalue weighted by Crippen LogP contribution is 2.29. The zero-order chi connectivity index (χ0) is 17.3. The molecule has 3 rings (SSSR count). The second-order valence-electron chi connectivity index (χ2n) is 7.09. The number of nitrogens with one attached hydrogen (secondary N) is 1. The summed E-state index contributed by atoms with van der Waals surface area (Å²) < 4.78 is 7.66. The van der Waals surface area contributed by atoms with Crippen LogP contribution >= 0.6 is 27.3 Å². The van der Waals surface area contributed by atoms with E-state index in [1.807, 2.05) is 32.9 Å². The summed E-state index contributed by atoms with van der Waals surface area (Å²) in [7, 11) is 0. The smallest absolute Gasteiger partial charge is 0.410 e. The molecule has 24 heavy (non-hydrogen) atoms. The molecule has 1 N–H and O–H groups in total. The van der Waals surface area contributed by atoms with Gasteiger partial charge >= 0.3 is 6.09 Å². The van der Waals surface area contributed by atoms with Crippen LogP contribution in [0.1, 0.15) is 27.2 Å². The number of thiazole rings is 1. The largest absolute Gasteiger partial charge is 0.444 e. The first-order valence-electron chi connectivity index (χ1n) is 8.08. The Morgan fingerprint density at radius 3 is 3.04 bits per heavy atom. The van der Waals surface area contributed by atoms with Crippen molar-refractivity contribution in [1.82, 2.24) is 9.88 Å². The third-order valence-electron chi connectivity index (χ3n) is 3.83. The van der Waals surface area contributed by atoms with Gasteiger partial charge in [0.05, 0.1) is 10.2 Å². The number of halogens is 1. The van der Waals surface area contributed by atoms with Gasteiger partial charge in [-0.05, 0) is 51.3 Å². The third-order valence-corrected chi connectivity index (χ3v) is 5.30. The first kappa shape index (κ1) is 17.5. The Morgan fingerprint density at radius 2 is 2.29 bits per heavy atom. The number of hydrogen-bond acceptors (Lipinski definition) is 5. The minimum atomic E-state index is -0.442. The molecule has 5 nitrogen and oxygen atoms in total. The number of benzene rings is 1. The maximum Gasteiger partial charge on any atom is 0.410 e. The topological polar surface area (TPSA) is 54.5 Å². The summed E-state index contributed by atoms with van der Waals surface area (Å²) in [6.07, 6.45) is 0.776. The Bertz CT molecular complexity index is 741. The van der Waals surface area contributed by atoms with Crippen LogP contribution < -0.4 is 5.32 Å². The first-order chi connectivity index (χ1) is 11.3. The van der Waals surface area contributed by atoms with Gasteiger partial charge in [-0.15, -0.1) is 0 Å². The van der Waals surface area contributed by atoms with Gasteiger partial charge in [-0.1, -0.05) is 27.3 Å². The average Bonchev–Trinajstić information content (AvgIpc) is 3.09. The lowest BCUT2D eigenvalue weighted by atomic mass is 10.1. The van der Waals surface area contributed by atoms with Crippen molar-refractivity contribution in [3.63, 3.8) is 0 Å². The zero-order valence-corrected chi connectivity index (χ0v) is 16.5. The fraction of sp³-hybridized carbons (Fsp3) is 0.529. The molecular weight excluding hydrogens is 390 g/mol. The molecular formula is C17H22BrN3O2S. The second-order valence-corrected chi connectivity index (χ2v) is 9.04. The van der Waals surface area contributed by atoms with Gasteiger partial charge in [-0.3, -0.25) is 0 Å². The molecule has 130 valence electrons. The molecule has 0 aliphatic carbocycles. The third kappa shape index (κ3) is 4.39. The molecule has 1 aliphatic heterocycles. The number of carbonyl (C=O) groups is 1. The second kappa shape index (κ2) is 6.88. The minimum Gasteiger partial charge on any atom is -0.444 e. The summed E-state index contributed by atoms with van der Waals surface area (Å²) in [6.45, 7) is 8.00. The predicted molar refractivity (Wildman–Crippen MR) is 102 cm³/mol. The van der Waals surface area contributed by atoms with Crippen molar-refractivity contribution in [2.45, 2.75) is 32.8 Å². The van der Waals surface area contributed by atoms with E-state index in [4.69, 9.17) is 4.74 Å². The molecule has 1 fully saturated rings. The summed E-state index contributed by atoms with van der Waals surface area (Å²) in [5.41, 5.74) is 0.565. The predicted octanol–water partition coefficient (Wildman–Crippen LogP) is 4.73. The van der Waals surface area contributed by atoms with Crippen LogP contribution in [0.15, 0.2) is 22.7 Å². The van der Waals surface area contributed by atoms with E-state index < -0.39 is 5.60 Å². The fourth-order valence-electron chi connectivity index (χ4n) is 2.70. The molecule has 2 aromatic rings. The summed E-state index contributed by atoms with van der Waals surface area (Å²) in [5.74, 6) is 0.427. The van der Waals surface area contributed by atoms with Crippen molar-refractivity contribution in [2.24, 2.45) is 5.92 Å². The number of nitrogens with zero attached hydrogens (tertiary/aromatic N) is 2. The molecule has 0 bridgehead atoms. The first-order valence-corrected chi connectivity index (χ1v) is 9.69. The van der Waals surface area contributed by atoms with Gasteiger partial charge in [-0.2, -0.15) is 0 Å². The molecule has 7 heteroatoms. The van der Waals surface area contributed by atoms with Gasteiger partial charge in [0.1, 0.15) is 5.60 Å². The maximum absolute atomic E-state index is 12.1. The van der Waals surface area contributed by atoms with E-state index in [1.54, 1.807) is 16.2 Å². The highest BCUT2D eigenvalue weighted by molar-refractivity contribution is 9.10. The lowest BCUT2D eigenvalue weighted by molar-refractivity contribution is 0.0289. The van der Waals surface area contributed by atoms with E-state index in [-0.39, 0.29) is 6.09 Å². The molecule has 1 atom stereocenters. The maximum atomic E-state index is 12.1. The molecule has 1 unspecified atom stereocenters. The Morgan fingerprint density at radius 1 is 1.50 bits per heavy atom. The summed E-state index contributed by atoms with van der Waals surface area (Å²) in [6, 6.07) is 6.10. The number of hydrogen-bond donors (Lipinski definition) is 1. The van der Waals surface area contributed by atoms with Gasteiger partial charge < -0.3 is 15.0 Å². The minimum absolute atomic E-state index is 0.213. The van der Waals surface area contributed by atoms with Crippen LogP contribution in [0.2, 0.25) is 0 Å². The van der Waals surface area contributed by atoms with Crippen LogP contribution in [0.25, 0.3) is 10.2 Å². The van der Waals surface area contributed by atoms with Crippen molar-refractivity contribution < 1.29 is 9.53 Å². The van der Waals surface area contributed by atoms with E-state index in [1.165, 1.54) is 0 Å². The van der Waals surface area contributed by atoms with Gasteiger partial charge in [-0.25, -0.2) is 9.78 Å². The number of rotatable bonds is 3. The molecule has 1 aliphatic rings. The number of likely N-dealkylation sites (tertiary alicyclic amines) is 1. The summed E-state index contributed by atoms with van der Waals surface area (Å²) in [4.78, 5) is 18.5. The fourth-order valence-corrected chi connectivity index (χ4v) is 4.12. The molecule has 1 amide bonds. The van der Waals surface area contributed by atoms with Crippen molar-refractivity contribution in [3.05, 3.63) is 22.7 Å². The Hall–Kier alpha value is -1.34. The molecule has 2 heterocycles. The highest BCUT2D eigenvalue weighted by Gasteiger charge is 2.29. The normalized spacial score (nSPS) is 18.2. The molecule has 0 spiro atoms. The van der Waals surface area contributed by atoms with E-state index in [0.29, 0.717) is 5.92 Å². The van der Waals surface area contributed by atoms with Crippen LogP contribution in [-0.4, -0.2) is 41.2 Å². The lowest BCUT2D eigenvalue weighted by Crippen LogP contribution is -2.35. The number of ether oxygens (including phenoxy) is 1. The Balaban J connectivity index is 1.53. The number of carbonyl (C=O) groups excluding carboxylic acids is 1. The lowest BCUT2D eigenvalue weighted by Gasteiger charge is -2.24. The quantitative estimate of drug-likeness (QED) is 0.792. The van der Waals surface area contributed by atoms with Crippen molar-refractivity contribution >= 4 is 48.7 Å². The molecule has 1 aromatic heterocycles. The van der Waals surface area contributed by atoms with Gasteiger partial charge in [0.25, 0.3) is 0 Å². The molecule has 1 saturated heterocycles. The van der Waals surface area contributed by atoms with Gasteiger partial charge in [0, 0.05) is 24.1 Å². The standard InChI is InChI=1S/C17H22BrN3O2S/c1-17(2,3)23-16(22)21-7-6-11(10-21)9-19-15-20-13-5-4-12(18)8-14(13)24-15/h4-5,8,11H,6-7,9-10H2,1-3H3,(H,19,20). The van der Waals surface area contributed by atoms with E-state index in [2.05, 4.69) is 32.3 Å². The summed E-state index contributed by atoms with van der Waals surface area (Å²) in [5, 5.41) is 4.35. The Kier molecular flexibility index (Phi) is 5.01. The monoisotopic (exact) mass is 411 g/mol. The molecule has 0 radical (unpaired) electrons. The van der Waals surface area contributed by atoms with Crippen LogP contribution in [0, 0.1) is 5.92 Å². The number of fused-ring (bicyclic) bond motifs is 1. The van der Waals surface area contributed by atoms with Crippen LogP contribution in [0.4, 0.5) is 9.93 Å². The van der Waals surface area contributed by atoms with Crippen LogP contribution in [-0.2, 0) is 4.74 Å². The highest BCUT2D eigenvalue weighted by atomic mass is 79.9. The molecule has 1 aromatic carbocycles. The van der Waals surface area contributed by atoms with E-state index >= 15 is 0 Å². The number of amides is 1. The van der Waals surface area contributed by atoms with E-state index in [0.717, 1.165) is 45.9 Å². The zero-order valence-electron chi connectivity index (χ0n) is 14.1. The van der Waals surface area contributed by atoms with Crippen molar-refractivity contribution in [3.8, 4) is 0 Å². The SMILES string of the molecule is CC(C)(C)OC(=O)N1CCC(CNc2nc3ccc(Br)cc3s2)C1. The average molecular weight is 412 g/mol. The van der Waals surface area contributed by atoms with Crippen molar-refractivity contribution in [2.75, 3.05) is 25.0 Å². The Labute approximate surface area is 154 Å². The molecule has 0 saturated carbocycles. The van der Waals surface area contributed by atoms with E-state index in [9.17, 15) is 4.79 Å². The van der Waals surface area contributed by atoms with Gasteiger partial charge in [0.2, 0.25) is 0 Å². The van der Waals surface area contributed by atoms with Crippen LogP contribution in [0.3, 0.4) is 0 Å².